The Bertz CT molecular complexity index is 331. The molecule has 0 aromatic rings. The maximum Gasteiger partial charge on any atom is 0.317 e. The molecule has 0 spiro atoms. The summed E-state index contributed by atoms with van der Waals surface area (Å²) >= 11 is 0. The molecule has 2 fully saturated rings. The van der Waals surface area contributed by atoms with Crippen LogP contribution in [0.4, 0.5) is 4.79 Å². The van der Waals surface area contributed by atoms with Crippen molar-refractivity contribution in [2.45, 2.75) is 38.1 Å². The molecule has 0 aromatic heterocycles. The number of aliphatic carboxylic acids is 1. The summed E-state index contributed by atoms with van der Waals surface area (Å²) in [6.07, 6.45) is 4.91. The molecule has 6 nitrogen and oxygen atoms in total. The summed E-state index contributed by atoms with van der Waals surface area (Å²) in [4.78, 5) is 24.4. The lowest BCUT2D eigenvalue weighted by Gasteiger charge is -2.30. The van der Waals surface area contributed by atoms with Gasteiger partial charge in [-0.05, 0) is 38.6 Å². The maximum atomic E-state index is 11.9. The van der Waals surface area contributed by atoms with E-state index in [1.54, 1.807) is 4.90 Å². The highest BCUT2D eigenvalue weighted by molar-refractivity contribution is 5.76. The quantitative estimate of drug-likeness (QED) is 0.618. The molecule has 1 saturated heterocycles. The molecule has 1 saturated carbocycles. The number of carboxylic acids is 1. The van der Waals surface area contributed by atoms with Gasteiger partial charge in [0, 0.05) is 25.7 Å². The molecule has 6 heteroatoms. The van der Waals surface area contributed by atoms with Crippen molar-refractivity contribution in [2.24, 2.45) is 5.92 Å². The average Bonchev–Trinajstić information content (AvgIpc) is 3.22. The van der Waals surface area contributed by atoms with Gasteiger partial charge >= 0.3 is 12.0 Å². The van der Waals surface area contributed by atoms with E-state index in [-0.39, 0.29) is 6.03 Å². The number of carboxylic acid groups (broad SMARTS) is 1. The molecule has 2 aliphatic rings. The summed E-state index contributed by atoms with van der Waals surface area (Å²) in [6.45, 7) is 2.58. The van der Waals surface area contributed by atoms with Gasteiger partial charge in [0.05, 0.1) is 5.92 Å². The zero-order valence-electron chi connectivity index (χ0n) is 11.2. The molecule has 2 rings (SSSR count). The normalized spacial score (nSPS) is 23.2. The molecule has 1 aliphatic carbocycles. The number of amides is 2. The third-order valence-electron chi connectivity index (χ3n) is 3.70. The average molecular weight is 269 g/mol. The third-order valence-corrected chi connectivity index (χ3v) is 3.70. The van der Waals surface area contributed by atoms with Crippen molar-refractivity contribution in [3.8, 4) is 0 Å². The predicted octanol–water partition coefficient (Wildman–Crippen LogP) is 0.635. The fraction of sp³-hybridized carbons (Fsp3) is 0.846. The molecular formula is C13H23N3O3. The molecule has 0 unspecified atom stereocenters. The van der Waals surface area contributed by atoms with Gasteiger partial charge in [-0.2, -0.15) is 0 Å². The fourth-order valence-electron chi connectivity index (χ4n) is 2.35. The Balaban J connectivity index is 1.59. The van der Waals surface area contributed by atoms with Crippen LogP contribution in [0.1, 0.15) is 32.1 Å². The van der Waals surface area contributed by atoms with Gasteiger partial charge in [-0.3, -0.25) is 4.79 Å². The van der Waals surface area contributed by atoms with Gasteiger partial charge in [-0.15, -0.1) is 0 Å². The second-order valence-corrected chi connectivity index (χ2v) is 5.44. The predicted molar refractivity (Wildman–Crippen MR) is 71.0 cm³/mol. The highest BCUT2D eigenvalue weighted by Crippen LogP contribution is 2.18. The molecule has 1 heterocycles. The lowest BCUT2D eigenvalue weighted by Crippen LogP contribution is -2.47. The van der Waals surface area contributed by atoms with Gasteiger partial charge in [0.1, 0.15) is 0 Å². The number of carbonyl (C=O) groups is 2. The van der Waals surface area contributed by atoms with Crippen LogP contribution >= 0.6 is 0 Å². The van der Waals surface area contributed by atoms with Crippen molar-refractivity contribution in [3.05, 3.63) is 0 Å². The Hall–Kier alpha value is -1.30. The van der Waals surface area contributed by atoms with Crippen LogP contribution in [-0.4, -0.2) is 54.2 Å². The van der Waals surface area contributed by atoms with Crippen LogP contribution in [0.3, 0.4) is 0 Å². The van der Waals surface area contributed by atoms with Crippen LogP contribution in [0.15, 0.2) is 0 Å². The summed E-state index contributed by atoms with van der Waals surface area (Å²) in [5, 5.41) is 15.2. The third kappa shape index (κ3) is 4.70. The Morgan fingerprint density at radius 2 is 2.00 bits per heavy atom. The molecular weight excluding hydrogens is 246 g/mol. The first-order chi connectivity index (χ1) is 9.16. The first-order valence-electron chi connectivity index (χ1n) is 7.16. The number of nitrogens with one attached hydrogen (secondary N) is 2. The van der Waals surface area contributed by atoms with Crippen LogP contribution in [0.5, 0.6) is 0 Å². The molecule has 0 bridgehead atoms. The molecule has 19 heavy (non-hydrogen) atoms. The highest BCUT2D eigenvalue weighted by Gasteiger charge is 2.27. The van der Waals surface area contributed by atoms with Crippen LogP contribution in [0.25, 0.3) is 0 Å². The Kier molecular flexibility index (Phi) is 5.01. The van der Waals surface area contributed by atoms with E-state index in [1.165, 1.54) is 12.8 Å². The smallest absolute Gasteiger partial charge is 0.317 e. The van der Waals surface area contributed by atoms with Crippen molar-refractivity contribution >= 4 is 12.0 Å². The number of hydrogen-bond acceptors (Lipinski definition) is 3. The zero-order valence-corrected chi connectivity index (χ0v) is 11.2. The van der Waals surface area contributed by atoms with E-state index in [0.717, 1.165) is 19.4 Å². The number of hydrogen-bond donors (Lipinski definition) is 3. The zero-order chi connectivity index (χ0) is 13.7. The summed E-state index contributed by atoms with van der Waals surface area (Å²) in [5.41, 5.74) is 0. The summed E-state index contributed by atoms with van der Waals surface area (Å²) in [6, 6.07) is 0.575. The molecule has 1 aliphatic heterocycles. The van der Waals surface area contributed by atoms with E-state index in [9.17, 15) is 9.59 Å². The minimum absolute atomic E-state index is 0.127. The molecule has 2 amide bonds. The first kappa shape index (κ1) is 14.1. The number of nitrogens with zero attached hydrogens (tertiary/aromatic N) is 1. The van der Waals surface area contributed by atoms with E-state index in [2.05, 4.69) is 10.6 Å². The minimum atomic E-state index is -0.800. The number of likely N-dealkylation sites (tertiary alicyclic amines) is 1. The number of carbonyl (C=O) groups excluding carboxylic acids is 1. The van der Waals surface area contributed by atoms with E-state index in [4.69, 9.17) is 5.11 Å². The molecule has 0 aromatic carbocycles. The summed E-state index contributed by atoms with van der Waals surface area (Å²) in [5.74, 6) is -1.21. The summed E-state index contributed by atoms with van der Waals surface area (Å²) < 4.78 is 0. The lowest BCUT2D eigenvalue weighted by molar-refractivity contribution is -0.143. The highest BCUT2D eigenvalue weighted by atomic mass is 16.4. The van der Waals surface area contributed by atoms with Gasteiger partial charge in [0.2, 0.25) is 0 Å². The van der Waals surface area contributed by atoms with Crippen LogP contribution in [0.2, 0.25) is 0 Å². The number of piperidine rings is 1. The molecule has 108 valence electrons. The van der Waals surface area contributed by atoms with Gasteiger partial charge in [0.15, 0.2) is 0 Å². The van der Waals surface area contributed by atoms with Crippen molar-refractivity contribution < 1.29 is 14.7 Å². The molecule has 3 N–H and O–H groups in total. The van der Waals surface area contributed by atoms with Crippen LogP contribution in [-0.2, 0) is 4.79 Å². The van der Waals surface area contributed by atoms with E-state index >= 15 is 0 Å². The Morgan fingerprint density at radius 1 is 1.21 bits per heavy atom. The second kappa shape index (κ2) is 6.75. The monoisotopic (exact) mass is 269 g/mol. The van der Waals surface area contributed by atoms with Crippen molar-refractivity contribution in [2.75, 3.05) is 26.2 Å². The van der Waals surface area contributed by atoms with Gasteiger partial charge in [-0.1, -0.05) is 0 Å². The standard InChI is InChI=1S/C13H23N3O3/c17-12(18)10-3-1-8-16(9-10)13(19)15-7-2-6-14-11-4-5-11/h10-11,14H,1-9H2,(H,15,19)(H,17,18)/t10-/m0/s1. The van der Waals surface area contributed by atoms with Gasteiger partial charge < -0.3 is 20.6 Å². The maximum absolute atomic E-state index is 11.9. The second-order valence-electron chi connectivity index (χ2n) is 5.44. The van der Waals surface area contributed by atoms with Crippen LogP contribution in [0, 0.1) is 5.92 Å². The molecule has 1 atom stereocenters. The first-order valence-corrected chi connectivity index (χ1v) is 7.16. The topological polar surface area (TPSA) is 81.7 Å². The largest absolute Gasteiger partial charge is 0.481 e. The van der Waals surface area contributed by atoms with Gasteiger partial charge in [-0.25, -0.2) is 4.79 Å². The lowest BCUT2D eigenvalue weighted by atomic mass is 9.99. The van der Waals surface area contributed by atoms with E-state index < -0.39 is 11.9 Å². The SMILES string of the molecule is O=C(O)[C@H]1CCCN(C(=O)NCCCNC2CC2)C1. The van der Waals surface area contributed by atoms with E-state index in [0.29, 0.717) is 32.1 Å². The summed E-state index contributed by atoms with van der Waals surface area (Å²) in [7, 11) is 0. The van der Waals surface area contributed by atoms with Gasteiger partial charge in [0.25, 0.3) is 0 Å². The Labute approximate surface area is 113 Å². The van der Waals surface area contributed by atoms with E-state index in [1.807, 2.05) is 0 Å². The fourth-order valence-corrected chi connectivity index (χ4v) is 2.35. The number of urea groups is 1. The van der Waals surface area contributed by atoms with Crippen molar-refractivity contribution in [3.63, 3.8) is 0 Å². The van der Waals surface area contributed by atoms with Crippen LogP contribution < -0.4 is 10.6 Å². The Morgan fingerprint density at radius 3 is 2.68 bits per heavy atom. The molecule has 0 radical (unpaired) electrons. The van der Waals surface area contributed by atoms with Crippen molar-refractivity contribution in [1.29, 1.82) is 0 Å². The minimum Gasteiger partial charge on any atom is -0.481 e. The number of rotatable bonds is 6. The van der Waals surface area contributed by atoms with Crippen molar-refractivity contribution in [1.82, 2.24) is 15.5 Å².